The van der Waals surface area contributed by atoms with Crippen molar-refractivity contribution >= 4 is 5.91 Å². The highest BCUT2D eigenvalue weighted by atomic mass is 19.1. The van der Waals surface area contributed by atoms with Crippen molar-refractivity contribution in [3.05, 3.63) is 52.9 Å². The lowest BCUT2D eigenvalue weighted by Gasteiger charge is -2.24. The number of β-amino-alcohol motifs (C(OH)–C–C–N with tert-alkyl or cyclic N) is 1. The number of rotatable bonds is 4. The first kappa shape index (κ1) is 16.5. The van der Waals surface area contributed by atoms with Crippen molar-refractivity contribution in [1.29, 1.82) is 0 Å². The molecule has 0 bridgehead atoms. The summed E-state index contributed by atoms with van der Waals surface area (Å²) in [5, 5.41) is 13.6. The lowest BCUT2D eigenvalue weighted by molar-refractivity contribution is 0.0702. The van der Waals surface area contributed by atoms with Crippen LogP contribution in [0.15, 0.2) is 28.8 Å². The minimum Gasteiger partial charge on any atom is -0.391 e. The number of methoxy groups -OCH3 is 1. The predicted molar refractivity (Wildman–Crippen MR) is 78.0 cm³/mol. The number of amides is 1. The van der Waals surface area contributed by atoms with Crippen LogP contribution < -0.4 is 0 Å². The minimum atomic E-state index is -0.827. The molecular formula is C16H16F2N2O4. The van der Waals surface area contributed by atoms with E-state index < -0.39 is 29.7 Å². The van der Waals surface area contributed by atoms with E-state index in [0.29, 0.717) is 5.76 Å². The third kappa shape index (κ3) is 3.15. The number of halogens is 2. The van der Waals surface area contributed by atoms with Gasteiger partial charge in [0.1, 0.15) is 18.2 Å². The fourth-order valence-electron chi connectivity index (χ4n) is 2.87. The molecule has 1 aromatic carbocycles. The summed E-state index contributed by atoms with van der Waals surface area (Å²) in [6.45, 7) is 0.163. The number of benzene rings is 1. The van der Waals surface area contributed by atoms with Gasteiger partial charge in [-0.3, -0.25) is 4.79 Å². The summed E-state index contributed by atoms with van der Waals surface area (Å²) in [7, 11) is 1.48. The topological polar surface area (TPSA) is 75.8 Å². The van der Waals surface area contributed by atoms with Gasteiger partial charge in [0.05, 0.1) is 12.1 Å². The van der Waals surface area contributed by atoms with Crippen molar-refractivity contribution in [2.45, 2.75) is 25.2 Å². The molecule has 1 aliphatic rings. The third-order valence-corrected chi connectivity index (χ3v) is 3.92. The number of carbonyl (C=O) groups excluding carboxylic acids is 1. The van der Waals surface area contributed by atoms with E-state index in [-0.39, 0.29) is 30.8 Å². The summed E-state index contributed by atoms with van der Waals surface area (Å²) < 4.78 is 37.4. The molecular weight excluding hydrogens is 322 g/mol. The van der Waals surface area contributed by atoms with E-state index >= 15 is 0 Å². The van der Waals surface area contributed by atoms with Crippen LogP contribution in [0.4, 0.5) is 8.78 Å². The largest absolute Gasteiger partial charge is 0.391 e. The minimum absolute atomic E-state index is 0.00588. The summed E-state index contributed by atoms with van der Waals surface area (Å²) in [6, 6.07) is 3.70. The number of aliphatic hydroxyl groups excluding tert-OH is 1. The first-order chi connectivity index (χ1) is 11.5. The van der Waals surface area contributed by atoms with Crippen LogP contribution in [-0.2, 0) is 11.3 Å². The maximum atomic E-state index is 14.1. The highest BCUT2D eigenvalue weighted by Gasteiger charge is 2.38. The van der Waals surface area contributed by atoms with Crippen LogP contribution in [0.3, 0.4) is 0 Å². The number of carbonyl (C=O) groups is 1. The molecule has 2 aromatic rings. The molecule has 1 fully saturated rings. The van der Waals surface area contributed by atoms with E-state index in [1.165, 1.54) is 18.1 Å². The smallest absolute Gasteiger partial charge is 0.276 e. The Hall–Kier alpha value is -2.32. The average molecular weight is 338 g/mol. The van der Waals surface area contributed by atoms with Crippen LogP contribution in [0, 0.1) is 11.6 Å². The van der Waals surface area contributed by atoms with Crippen LogP contribution in [0.2, 0.25) is 0 Å². The molecule has 2 atom stereocenters. The van der Waals surface area contributed by atoms with Crippen molar-refractivity contribution in [2.24, 2.45) is 0 Å². The second-order valence-corrected chi connectivity index (χ2v) is 5.64. The zero-order valence-corrected chi connectivity index (χ0v) is 12.9. The Kier molecular flexibility index (Phi) is 4.59. The highest BCUT2D eigenvalue weighted by molar-refractivity contribution is 5.92. The van der Waals surface area contributed by atoms with Crippen LogP contribution in [-0.4, -0.2) is 40.8 Å². The van der Waals surface area contributed by atoms with Gasteiger partial charge in [-0.15, -0.1) is 0 Å². The molecule has 0 unspecified atom stereocenters. The van der Waals surface area contributed by atoms with Gasteiger partial charge in [-0.2, -0.15) is 0 Å². The summed E-state index contributed by atoms with van der Waals surface area (Å²) in [5.74, 6) is -1.39. The second-order valence-electron chi connectivity index (χ2n) is 5.64. The van der Waals surface area contributed by atoms with E-state index in [2.05, 4.69) is 5.16 Å². The van der Waals surface area contributed by atoms with E-state index in [1.54, 1.807) is 0 Å². The molecule has 1 aromatic heterocycles. The lowest BCUT2D eigenvalue weighted by atomic mass is 10.0. The number of nitrogens with zero attached hydrogens (tertiary/aromatic N) is 2. The molecule has 0 aliphatic carbocycles. The van der Waals surface area contributed by atoms with Gasteiger partial charge in [0, 0.05) is 25.3 Å². The van der Waals surface area contributed by atoms with E-state index in [0.717, 1.165) is 18.2 Å². The normalized spacial score (nSPS) is 20.6. The molecule has 0 spiro atoms. The molecule has 1 saturated heterocycles. The number of hydrogen-bond donors (Lipinski definition) is 1. The fraction of sp³-hybridized carbons (Fsp3) is 0.375. The maximum Gasteiger partial charge on any atom is 0.276 e. The Morgan fingerprint density at radius 3 is 3.00 bits per heavy atom. The van der Waals surface area contributed by atoms with Crippen molar-refractivity contribution in [2.75, 3.05) is 13.7 Å². The molecule has 0 saturated carbocycles. The summed E-state index contributed by atoms with van der Waals surface area (Å²) in [4.78, 5) is 13.9. The van der Waals surface area contributed by atoms with Crippen LogP contribution in [0.1, 0.15) is 34.3 Å². The third-order valence-electron chi connectivity index (χ3n) is 3.92. The molecule has 128 valence electrons. The van der Waals surface area contributed by atoms with Gasteiger partial charge in [0.25, 0.3) is 5.91 Å². The Bertz CT molecular complexity index is 749. The molecule has 1 aliphatic heterocycles. The molecule has 6 nitrogen and oxygen atoms in total. The van der Waals surface area contributed by atoms with Gasteiger partial charge in [-0.1, -0.05) is 5.16 Å². The zero-order chi connectivity index (χ0) is 17.3. The van der Waals surface area contributed by atoms with Crippen LogP contribution >= 0.6 is 0 Å². The van der Waals surface area contributed by atoms with Gasteiger partial charge in [0.15, 0.2) is 11.5 Å². The number of likely N-dealkylation sites (tertiary alicyclic amines) is 1. The highest BCUT2D eigenvalue weighted by Crippen LogP contribution is 2.35. The molecule has 8 heteroatoms. The van der Waals surface area contributed by atoms with E-state index in [4.69, 9.17) is 9.26 Å². The standard InChI is InChI=1S/C16H16F2N2O4/c1-23-8-11-6-14(19-24-11)16(22)20-7-10(21)5-15(20)12-4-9(17)2-3-13(12)18/h2-4,6,10,15,21H,5,7-8H2,1H3/t10-,15-/m1/s1. The monoisotopic (exact) mass is 338 g/mol. The Morgan fingerprint density at radius 2 is 2.25 bits per heavy atom. The zero-order valence-electron chi connectivity index (χ0n) is 12.9. The molecule has 3 rings (SSSR count). The quantitative estimate of drug-likeness (QED) is 0.923. The Balaban J connectivity index is 1.89. The predicted octanol–water partition coefficient (Wildman–Crippen LogP) is 2.05. The van der Waals surface area contributed by atoms with Gasteiger partial charge < -0.3 is 19.3 Å². The van der Waals surface area contributed by atoms with Crippen LogP contribution in [0.25, 0.3) is 0 Å². The van der Waals surface area contributed by atoms with Gasteiger partial charge in [0.2, 0.25) is 0 Å². The van der Waals surface area contributed by atoms with Gasteiger partial charge in [-0.25, -0.2) is 8.78 Å². The number of ether oxygens (including phenoxy) is 1. The van der Waals surface area contributed by atoms with Gasteiger partial charge >= 0.3 is 0 Å². The Morgan fingerprint density at radius 1 is 1.46 bits per heavy atom. The Labute approximate surface area is 136 Å². The summed E-state index contributed by atoms with van der Waals surface area (Å²) >= 11 is 0. The maximum absolute atomic E-state index is 14.1. The van der Waals surface area contributed by atoms with E-state index in [1.807, 2.05) is 0 Å². The SMILES string of the molecule is COCc1cc(C(=O)N2C[C@H](O)C[C@@H]2c2cc(F)ccc2F)no1. The van der Waals surface area contributed by atoms with Crippen molar-refractivity contribution < 1.29 is 27.9 Å². The molecule has 0 radical (unpaired) electrons. The van der Waals surface area contributed by atoms with Crippen molar-refractivity contribution in [3.63, 3.8) is 0 Å². The average Bonchev–Trinajstić information content (AvgIpc) is 3.16. The van der Waals surface area contributed by atoms with Crippen LogP contribution in [0.5, 0.6) is 0 Å². The molecule has 24 heavy (non-hydrogen) atoms. The second kappa shape index (κ2) is 6.66. The fourth-order valence-corrected chi connectivity index (χ4v) is 2.87. The summed E-state index contributed by atoms with van der Waals surface area (Å²) in [6.07, 6.45) is -0.707. The first-order valence-electron chi connectivity index (χ1n) is 7.38. The molecule has 1 N–H and O–H groups in total. The van der Waals surface area contributed by atoms with E-state index in [9.17, 15) is 18.7 Å². The molecule has 1 amide bonds. The summed E-state index contributed by atoms with van der Waals surface area (Å²) in [5.41, 5.74) is 0.0541. The van der Waals surface area contributed by atoms with Gasteiger partial charge in [-0.05, 0) is 24.6 Å². The number of aromatic nitrogens is 1. The van der Waals surface area contributed by atoms with Crippen molar-refractivity contribution in [1.82, 2.24) is 10.1 Å². The number of aliphatic hydroxyl groups is 1. The lowest BCUT2D eigenvalue weighted by Crippen LogP contribution is -2.32. The van der Waals surface area contributed by atoms with Crippen molar-refractivity contribution in [3.8, 4) is 0 Å². The molecule has 2 heterocycles. The first-order valence-corrected chi connectivity index (χ1v) is 7.38. The number of hydrogen-bond acceptors (Lipinski definition) is 5.